The number of carbonyl (C=O) groups is 1. The van der Waals surface area contributed by atoms with Crippen LogP contribution in [0.15, 0.2) is 0 Å². The molecule has 3 aliphatic rings. The fourth-order valence-corrected chi connectivity index (χ4v) is 4.32. The van der Waals surface area contributed by atoms with Crippen molar-refractivity contribution in [1.29, 1.82) is 0 Å². The second-order valence-corrected chi connectivity index (χ2v) is 8.72. The highest BCUT2D eigenvalue weighted by molar-refractivity contribution is 5.79. The molecule has 0 radical (unpaired) electrons. The molecule has 0 bridgehead atoms. The van der Waals surface area contributed by atoms with Gasteiger partial charge in [0.05, 0.1) is 19.1 Å². The van der Waals surface area contributed by atoms with Gasteiger partial charge in [-0.2, -0.15) is 0 Å². The van der Waals surface area contributed by atoms with Gasteiger partial charge in [0.15, 0.2) is 0 Å². The number of nitrogens with one attached hydrogen (secondary N) is 1. The normalized spacial score (nSPS) is 29.4. The third-order valence-corrected chi connectivity index (χ3v) is 6.16. The van der Waals surface area contributed by atoms with Gasteiger partial charge in [-0.3, -0.25) is 9.69 Å². The molecular weight excluding hydrogens is 302 g/mol. The average molecular weight is 338 g/mol. The highest BCUT2D eigenvalue weighted by Crippen LogP contribution is 2.27. The Morgan fingerprint density at radius 2 is 1.92 bits per heavy atom. The van der Waals surface area contributed by atoms with Gasteiger partial charge >= 0.3 is 0 Å². The Hall–Kier alpha value is -0.650. The molecule has 0 aromatic rings. The zero-order valence-electron chi connectivity index (χ0n) is 15.7. The van der Waals surface area contributed by atoms with Crippen LogP contribution in [0.2, 0.25) is 0 Å². The molecule has 3 aliphatic heterocycles. The highest BCUT2D eigenvalue weighted by atomic mass is 16.5. The maximum absolute atomic E-state index is 12.6. The Morgan fingerprint density at radius 1 is 1.21 bits per heavy atom. The molecule has 3 saturated heterocycles. The van der Waals surface area contributed by atoms with Crippen molar-refractivity contribution in [3.63, 3.8) is 0 Å². The number of hydrogen-bond acceptors (Lipinski definition) is 4. The molecule has 3 rings (SSSR count). The third kappa shape index (κ3) is 4.30. The lowest BCUT2D eigenvalue weighted by Crippen LogP contribution is -2.53. The van der Waals surface area contributed by atoms with E-state index < -0.39 is 0 Å². The molecule has 0 unspecified atom stereocenters. The maximum Gasteiger partial charge on any atom is 0.224 e. The van der Waals surface area contributed by atoms with E-state index in [0.717, 1.165) is 39.1 Å². The van der Waals surface area contributed by atoms with Crippen molar-refractivity contribution >= 4 is 5.91 Å². The second-order valence-electron chi connectivity index (χ2n) is 8.72. The van der Waals surface area contributed by atoms with Gasteiger partial charge in [0.25, 0.3) is 0 Å². The first-order chi connectivity index (χ1) is 11.5. The van der Waals surface area contributed by atoms with Crippen molar-refractivity contribution in [2.45, 2.75) is 58.5 Å². The zero-order valence-corrected chi connectivity index (χ0v) is 15.7. The van der Waals surface area contributed by atoms with Crippen LogP contribution >= 0.6 is 0 Å². The summed E-state index contributed by atoms with van der Waals surface area (Å²) in [6.45, 7) is 13.6. The van der Waals surface area contributed by atoms with Crippen LogP contribution in [-0.2, 0) is 9.53 Å². The summed E-state index contributed by atoms with van der Waals surface area (Å²) in [5, 5.41) is 3.19. The number of amides is 1. The fraction of sp³-hybridized carbons (Fsp3) is 0.947. The minimum atomic E-state index is 0.160. The first-order valence-corrected chi connectivity index (χ1v) is 9.80. The molecule has 5 nitrogen and oxygen atoms in total. The minimum Gasteiger partial charge on any atom is -0.380 e. The Bertz CT molecular complexity index is 428. The predicted octanol–water partition coefficient (Wildman–Crippen LogP) is 1.72. The summed E-state index contributed by atoms with van der Waals surface area (Å²) in [6.07, 6.45) is 4.70. The number of carbonyl (C=O) groups excluding carboxylic acids is 1. The molecule has 5 heteroatoms. The Morgan fingerprint density at radius 3 is 2.50 bits per heavy atom. The van der Waals surface area contributed by atoms with Gasteiger partial charge in [-0.1, -0.05) is 6.92 Å². The topological polar surface area (TPSA) is 44.8 Å². The van der Waals surface area contributed by atoms with Crippen LogP contribution in [0, 0.1) is 11.3 Å². The van der Waals surface area contributed by atoms with Crippen molar-refractivity contribution < 1.29 is 9.53 Å². The number of hydrogen-bond donors (Lipinski definition) is 1. The number of ether oxygens (including phenoxy) is 1. The lowest BCUT2D eigenvalue weighted by molar-refractivity contribution is -0.132. The van der Waals surface area contributed by atoms with Crippen LogP contribution in [0.1, 0.15) is 46.5 Å². The van der Waals surface area contributed by atoms with Crippen molar-refractivity contribution in [3.8, 4) is 0 Å². The van der Waals surface area contributed by atoms with Crippen molar-refractivity contribution in [3.05, 3.63) is 0 Å². The molecule has 0 aromatic heterocycles. The minimum absolute atomic E-state index is 0.160. The molecule has 1 N–H and O–H groups in total. The Balaban J connectivity index is 1.45. The van der Waals surface area contributed by atoms with Gasteiger partial charge in [0, 0.05) is 30.6 Å². The fourth-order valence-electron chi connectivity index (χ4n) is 4.32. The van der Waals surface area contributed by atoms with E-state index in [0.29, 0.717) is 12.1 Å². The van der Waals surface area contributed by atoms with Crippen LogP contribution in [0.4, 0.5) is 0 Å². The zero-order chi connectivity index (χ0) is 17.2. The SMILES string of the molecule is CC(C)N1CCC(N2CCC[C@H](C(=O)NCC3(C)COC3)C2)CC1. The molecule has 3 heterocycles. The van der Waals surface area contributed by atoms with Gasteiger partial charge in [-0.15, -0.1) is 0 Å². The van der Waals surface area contributed by atoms with Crippen molar-refractivity contribution in [1.82, 2.24) is 15.1 Å². The summed E-state index contributed by atoms with van der Waals surface area (Å²) in [5.41, 5.74) is 0.160. The first kappa shape index (κ1) is 18.2. The van der Waals surface area contributed by atoms with Crippen molar-refractivity contribution in [2.24, 2.45) is 11.3 Å². The van der Waals surface area contributed by atoms with E-state index in [1.165, 1.54) is 32.5 Å². The van der Waals surface area contributed by atoms with Crippen LogP contribution in [0.5, 0.6) is 0 Å². The molecule has 3 fully saturated rings. The number of piperidine rings is 2. The summed E-state index contributed by atoms with van der Waals surface area (Å²) in [6, 6.07) is 1.33. The van der Waals surface area contributed by atoms with E-state index in [1.54, 1.807) is 0 Å². The Labute approximate surface area is 147 Å². The number of rotatable bonds is 5. The summed E-state index contributed by atoms with van der Waals surface area (Å²) < 4.78 is 5.27. The van der Waals surface area contributed by atoms with Crippen LogP contribution in [-0.4, -0.2) is 73.7 Å². The maximum atomic E-state index is 12.6. The monoisotopic (exact) mass is 337 g/mol. The lowest BCUT2D eigenvalue weighted by Gasteiger charge is -2.43. The van der Waals surface area contributed by atoms with Gasteiger partial charge in [-0.25, -0.2) is 0 Å². The molecule has 1 atom stereocenters. The van der Waals surface area contributed by atoms with Crippen LogP contribution in [0.3, 0.4) is 0 Å². The van der Waals surface area contributed by atoms with Crippen LogP contribution < -0.4 is 5.32 Å². The second kappa shape index (κ2) is 7.71. The quantitative estimate of drug-likeness (QED) is 0.830. The summed E-state index contributed by atoms with van der Waals surface area (Å²) in [7, 11) is 0. The van der Waals surface area contributed by atoms with Crippen LogP contribution in [0.25, 0.3) is 0 Å². The van der Waals surface area contributed by atoms with E-state index >= 15 is 0 Å². The van der Waals surface area contributed by atoms with Crippen molar-refractivity contribution in [2.75, 3.05) is 45.9 Å². The molecule has 0 aromatic carbocycles. The molecule has 0 spiro atoms. The standard InChI is InChI=1S/C19H35N3O2/c1-15(2)21-9-6-17(7-10-21)22-8-4-5-16(11-22)18(23)20-12-19(3)13-24-14-19/h15-17H,4-14H2,1-3H3,(H,20,23)/t16-/m0/s1. The van der Waals surface area contributed by atoms with E-state index in [4.69, 9.17) is 4.74 Å². The smallest absolute Gasteiger partial charge is 0.224 e. The number of nitrogens with zero attached hydrogens (tertiary/aromatic N) is 2. The van der Waals surface area contributed by atoms with E-state index in [1.807, 2.05) is 0 Å². The molecule has 0 saturated carbocycles. The third-order valence-electron chi connectivity index (χ3n) is 6.16. The lowest BCUT2D eigenvalue weighted by atomic mass is 9.88. The molecular formula is C19H35N3O2. The van der Waals surface area contributed by atoms with E-state index in [9.17, 15) is 4.79 Å². The van der Waals surface area contributed by atoms with Gasteiger partial charge < -0.3 is 15.0 Å². The molecule has 138 valence electrons. The molecule has 24 heavy (non-hydrogen) atoms. The average Bonchev–Trinajstić information content (AvgIpc) is 2.58. The highest BCUT2D eigenvalue weighted by Gasteiger charge is 2.36. The summed E-state index contributed by atoms with van der Waals surface area (Å²) >= 11 is 0. The van der Waals surface area contributed by atoms with Gasteiger partial charge in [0.1, 0.15) is 0 Å². The molecule has 1 amide bonds. The largest absolute Gasteiger partial charge is 0.380 e. The molecule has 0 aliphatic carbocycles. The van der Waals surface area contributed by atoms with Gasteiger partial charge in [-0.05, 0) is 59.2 Å². The predicted molar refractivity (Wildman–Crippen MR) is 96.0 cm³/mol. The summed E-state index contributed by atoms with van der Waals surface area (Å²) in [4.78, 5) is 17.7. The van der Waals surface area contributed by atoms with Gasteiger partial charge in [0.2, 0.25) is 5.91 Å². The summed E-state index contributed by atoms with van der Waals surface area (Å²) in [5.74, 6) is 0.430. The van der Waals surface area contributed by atoms with E-state index in [-0.39, 0.29) is 17.2 Å². The Kier molecular flexibility index (Phi) is 5.83. The number of likely N-dealkylation sites (tertiary alicyclic amines) is 2. The van der Waals surface area contributed by atoms with E-state index in [2.05, 4.69) is 35.9 Å². The first-order valence-electron chi connectivity index (χ1n) is 9.80.